The molecule has 1 N–H and O–H groups in total. The fourth-order valence-electron chi connectivity index (χ4n) is 1.66. The van der Waals surface area contributed by atoms with Crippen LogP contribution in [0.4, 0.5) is 0 Å². The Labute approximate surface area is 125 Å². The number of hydrogen-bond donors (Lipinski definition) is 1. The lowest BCUT2D eigenvalue weighted by molar-refractivity contribution is -0.137. The maximum atomic E-state index is 10.9. The van der Waals surface area contributed by atoms with Crippen LogP contribution in [0, 0.1) is 0 Å². The number of hydrogen-bond acceptors (Lipinski definition) is 6. The second kappa shape index (κ2) is 5.32. The molecule has 19 heavy (non-hydrogen) atoms. The average Bonchev–Trinajstić information content (AvgIpc) is 3.04. The summed E-state index contributed by atoms with van der Waals surface area (Å²) in [7, 11) is 6.89. The van der Waals surface area contributed by atoms with E-state index in [-0.39, 0.29) is 0 Å². The van der Waals surface area contributed by atoms with Crippen molar-refractivity contribution in [3.05, 3.63) is 23.2 Å². The predicted octanol–water partition coefficient (Wildman–Crippen LogP) is 3.49. The van der Waals surface area contributed by atoms with Crippen LogP contribution in [0.15, 0.2) is 28.1 Å². The number of carboxylic acids is 1. The van der Waals surface area contributed by atoms with Crippen molar-refractivity contribution in [2.75, 3.05) is 5.75 Å². The minimum Gasteiger partial charge on any atom is -0.480 e. The first-order valence-corrected chi connectivity index (χ1v) is 8.75. The van der Waals surface area contributed by atoms with Crippen molar-refractivity contribution in [1.82, 2.24) is 4.98 Å². The minimum absolute atomic E-state index is 0.476. The number of fused-ring (bicyclic) bond motifs is 1. The van der Waals surface area contributed by atoms with Crippen LogP contribution >= 0.6 is 44.8 Å². The number of carboxylic acid groups (broad SMARTS) is 1. The number of halogens is 1. The Bertz CT molecular complexity index is 686. The van der Waals surface area contributed by atoms with Crippen LogP contribution in [-0.4, -0.2) is 32.9 Å². The second-order valence-corrected chi connectivity index (χ2v) is 6.95. The Hall–Kier alpha value is -0.760. The molecule has 0 saturated carbocycles. The van der Waals surface area contributed by atoms with Gasteiger partial charge >= 0.3 is 5.97 Å². The summed E-state index contributed by atoms with van der Waals surface area (Å²) in [4.78, 5) is 20.5. The lowest BCUT2D eigenvalue weighted by Crippen LogP contribution is -2.17. The van der Waals surface area contributed by atoms with Crippen molar-refractivity contribution in [3.63, 3.8) is 0 Å². The fraction of sp³-hybridized carbons (Fsp3) is 0.182. The van der Waals surface area contributed by atoms with Gasteiger partial charge in [0, 0.05) is 10.6 Å². The molecule has 4 nitrogen and oxygen atoms in total. The summed E-state index contributed by atoms with van der Waals surface area (Å²) < 4.78 is 1.03. The predicted molar refractivity (Wildman–Crippen MR) is 81.7 cm³/mol. The van der Waals surface area contributed by atoms with Crippen molar-refractivity contribution >= 4 is 66.0 Å². The number of aliphatic imine (C=N–C) groups is 1. The highest BCUT2D eigenvalue weighted by molar-refractivity contribution is 8.21. The van der Waals surface area contributed by atoms with Gasteiger partial charge in [-0.25, -0.2) is 9.78 Å². The van der Waals surface area contributed by atoms with Crippen LogP contribution in [-0.2, 0) is 4.79 Å². The average molecular weight is 331 g/mol. The van der Waals surface area contributed by atoms with E-state index in [0.717, 1.165) is 20.1 Å². The summed E-state index contributed by atoms with van der Waals surface area (Å²) in [5.41, 5.74) is 0.886. The molecule has 1 aliphatic heterocycles. The molecule has 1 aliphatic rings. The van der Waals surface area contributed by atoms with E-state index in [1.165, 1.54) is 34.1 Å². The van der Waals surface area contributed by atoms with Gasteiger partial charge in [0.15, 0.2) is 6.04 Å². The van der Waals surface area contributed by atoms with Crippen molar-refractivity contribution in [2.24, 2.45) is 4.99 Å². The van der Waals surface area contributed by atoms with Gasteiger partial charge in [-0.3, -0.25) is 4.99 Å². The number of aromatic nitrogens is 1. The molecule has 98 valence electrons. The number of nitrogens with zero attached hydrogens (tertiary/aromatic N) is 2. The monoisotopic (exact) mass is 330 g/mol. The summed E-state index contributed by atoms with van der Waals surface area (Å²) in [5.74, 6) is -0.409. The lowest BCUT2D eigenvalue weighted by atomic mass is 10.3. The van der Waals surface area contributed by atoms with E-state index in [1.807, 2.05) is 18.2 Å². The van der Waals surface area contributed by atoms with Crippen LogP contribution < -0.4 is 0 Å². The first-order valence-electron chi connectivity index (χ1n) is 5.30. The molecular weight excluding hydrogens is 324 g/mol. The molecule has 3 rings (SSSR count). The van der Waals surface area contributed by atoms with Gasteiger partial charge in [-0.05, 0) is 39.9 Å². The van der Waals surface area contributed by atoms with Gasteiger partial charge in [-0.2, -0.15) is 0 Å². The standard InChI is InChI=1S/C11H7ClN2O2S3/c12-19-5-1-2-6-8(3-5)18-10(13-6)9-14-7(4-17-9)11(15)16/h1-3,7H,4H2,(H,15,16)/t7-/m1/s1. The summed E-state index contributed by atoms with van der Waals surface area (Å²) >= 11 is 2.95. The summed E-state index contributed by atoms with van der Waals surface area (Å²) in [6, 6.07) is 5.14. The zero-order valence-corrected chi connectivity index (χ0v) is 12.6. The van der Waals surface area contributed by atoms with Crippen LogP contribution in [0.25, 0.3) is 10.2 Å². The molecule has 0 fully saturated rings. The van der Waals surface area contributed by atoms with Crippen molar-refractivity contribution in [1.29, 1.82) is 0 Å². The first kappa shape index (κ1) is 13.2. The molecule has 0 aliphatic carbocycles. The summed E-state index contributed by atoms with van der Waals surface area (Å²) in [6.45, 7) is 0. The lowest BCUT2D eigenvalue weighted by Gasteiger charge is -1.93. The van der Waals surface area contributed by atoms with Gasteiger partial charge in [0.25, 0.3) is 0 Å². The maximum absolute atomic E-state index is 10.9. The van der Waals surface area contributed by atoms with E-state index in [2.05, 4.69) is 9.98 Å². The minimum atomic E-state index is -0.885. The number of benzene rings is 1. The third kappa shape index (κ3) is 2.60. The maximum Gasteiger partial charge on any atom is 0.329 e. The normalized spacial score (nSPS) is 18.8. The van der Waals surface area contributed by atoms with E-state index in [4.69, 9.17) is 15.8 Å². The SMILES string of the molecule is O=C(O)[C@H]1CSC(c2nc3ccc(SCl)cc3s2)=N1. The van der Waals surface area contributed by atoms with Gasteiger partial charge in [0.05, 0.1) is 10.2 Å². The van der Waals surface area contributed by atoms with E-state index in [9.17, 15) is 4.79 Å². The fourth-order valence-corrected chi connectivity index (χ4v) is 4.41. The van der Waals surface area contributed by atoms with Gasteiger partial charge < -0.3 is 5.11 Å². The Balaban J connectivity index is 1.98. The highest BCUT2D eigenvalue weighted by Crippen LogP contribution is 2.32. The van der Waals surface area contributed by atoms with Crippen LogP contribution in [0.5, 0.6) is 0 Å². The zero-order valence-electron chi connectivity index (χ0n) is 9.37. The number of carbonyl (C=O) groups is 1. The second-order valence-electron chi connectivity index (χ2n) is 3.82. The van der Waals surface area contributed by atoms with Crippen molar-refractivity contribution in [3.8, 4) is 0 Å². The molecule has 1 aromatic heterocycles. The van der Waals surface area contributed by atoms with Crippen LogP contribution in [0.2, 0.25) is 0 Å². The Morgan fingerprint density at radius 1 is 1.53 bits per heavy atom. The zero-order chi connectivity index (χ0) is 13.4. The molecule has 1 atom stereocenters. The van der Waals surface area contributed by atoms with E-state index >= 15 is 0 Å². The molecule has 8 heteroatoms. The van der Waals surface area contributed by atoms with Gasteiger partial charge in [0.1, 0.15) is 10.1 Å². The number of thiazole rings is 1. The third-order valence-corrected chi connectivity index (χ3v) is 5.74. The molecule has 2 aromatic rings. The number of aliphatic carboxylic acids is 1. The Kier molecular flexibility index (Phi) is 3.70. The van der Waals surface area contributed by atoms with Crippen molar-refractivity contribution in [2.45, 2.75) is 10.9 Å². The van der Waals surface area contributed by atoms with Crippen LogP contribution in [0.1, 0.15) is 5.01 Å². The highest BCUT2D eigenvalue weighted by Gasteiger charge is 2.26. The largest absolute Gasteiger partial charge is 0.480 e. The van der Waals surface area contributed by atoms with Gasteiger partial charge in [0.2, 0.25) is 0 Å². The quantitative estimate of drug-likeness (QED) is 0.933. The van der Waals surface area contributed by atoms with E-state index in [1.54, 1.807) is 0 Å². The molecule has 1 aromatic carbocycles. The summed E-state index contributed by atoms with van der Waals surface area (Å²) in [5, 5.41) is 10.4. The molecule has 0 unspecified atom stereocenters. The molecule has 0 radical (unpaired) electrons. The third-order valence-electron chi connectivity index (χ3n) is 2.57. The molecule has 2 heterocycles. The molecule has 0 saturated heterocycles. The Morgan fingerprint density at radius 3 is 3.05 bits per heavy atom. The smallest absolute Gasteiger partial charge is 0.329 e. The van der Waals surface area contributed by atoms with E-state index in [0.29, 0.717) is 10.8 Å². The molecule has 0 amide bonds. The highest BCUT2D eigenvalue weighted by atomic mass is 35.7. The first-order chi connectivity index (χ1) is 9.17. The molecular formula is C11H7ClN2O2S3. The number of thioether (sulfide) groups is 1. The molecule has 0 spiro atoms. The Morgan fingerprint density at radius 2 is 2.37 bits per heavy atom. The number of rotatable bonds is 3. The van der Waals surface area contributed by atoms with Gasteiger partial charge in [-0.1, -0.05) is 0 Å². The van der Waals surface area contributed by atoms with E-state index < -0.39 is 12.0 Å². The van der Waals surface area contributed by atoms with Crippen LogP contribution in [0.3, 0.4) is 0 Å². The van der Waals surface area contributed by atoms with Gasteiger partial charge in [-0.15, -0.1) is 23.1 Å². The summed E-state index contributed by atoms with van der Waals surface area (Å²) in [6.07, 6.45) is 0. The van der Waals surface area contributed by atoms with Crippen molar-refractivity contribution < 1.29 is 9.90 Å². The molecule has 0 bridgehead atoms. The topological polar surface area (TPSA) is 62.5 Å².